The molecule has 0 amide bonds. The summed E-state index contributed by atoms with van der Waals surface area (Å²) in [6, 6.07) is 0. The van der Waals surface area contributed by atoms with E-state index >= 15 is 0 Å². The lowest BCUT2D eigenvalue weighted by molar-refractivity contribution is 0.193. The van der Waals surface area contributed by atoms with E-state index in [9.17, 15) is 4.79 Å². The minimum Gasteiger partial charge on any atom is -0.363 e. The number of pyridine rings is 1. The second-order valence-electron chi connectivity index (χ2n) is 6.62. The van der Waals surface area contributed by atoms with Crippen LogP contribution in [0.1, 0.15) is 36.1 Å². The van der Waals surface area contributed by atoms with Gasteiger partial charge in [-0.25, -0.2) is 0 Å². The van der Waals surface area contributed by atoms with Crippen LogP contribution >= 0.6 is 24.8 Å². The Morgan fingerprint density at radius 2 is 1.86 bits per heavy atom. The highest BCUT2D eigenvalue weighted by Crippen LogP contribution is 2.38. The van der Waals surface area contributed by atoms with Crippen molar-refractivity contribution in [2.24, 2.45) is 5.41 Å². The van der Waals surface area contributed by atoms with E-state index in [1.807, 2.05) is 20.0 Å². The maximum atomic E-state index is 12.0. The van der Waals surface area contributed by atoms with Gasteiger partial charge in [-0.2, -0.15) is 0 Å². The summed E-state index contributed by atoms with van der Waals surface area (Å²) in [7, 11) is 0. The van der Waals surface area contributed by atoms with Crippen LogP contribution in [0.3, 0.4) is 0 Å². The van der Waals surface area contributed by atoms with Gasteiger partial charge in [0.05, 0.1) is 0 Å². The van der Waals surface area contributed by atoms with E-state index in [1.54, 1.807) is 0 Å². The van der Waals surface area contributed by atoms with Crippen molar-refractivity contribution in [3.8, 4) is 0 Å². The Bertz CT molecular complexity index is 553. The highest BCUT2D eigenvalue weighted by molar-refractivity contribution is 5.85. The molecule has 22 heavy (non-hydrogen) atoms. The lowest BCUT2D eigenvalue weighted by atomic mass is 9.78. The molecule has 2 fully saturated rings. The fourth-order valence-electron chi connectivity index (χ4n) is 3.72. The zero-order valence-electron chi connectivity index (χ0n) is 13.4. The molecule has 1 aromatic rings. The largest absolute Gasteiger partial charge is 0.363 e. The molecular weight excluding hydrogens is 321 g/mol. The first-order valence-corrected chi connectivity index (χ1v) is 7.71. The zero-order chi connectivity index (χ0) is 14.2. The van der Waals surface area contributed by atoms with Crippen LogP contribution < -0.4 is 10.7 Å². The number of rotatable bonds is 2. The quantitative estimate of drug-likeness (QED) is 0.863. The average Bonchev–Trinajstić information content (AvgIpc) is 2.83. The second-order valence-corrected chi connectivity index (χ2v) is 6.62. The van der Waals surface area contributed by atoms with Gasteiger partial charge < -0.3 is 10.3 Å². The molecule has 3 rings (SSSR count). The third kappa shape index (κ3) is 3.85. The second kappa shape index (κ2) is 7.82. The van der Waals surface area contributed by atoms with Crippen molar-refractivity contribution in [1.82, 2.24) is 15.2 Å². The summed E-state index contributed by atoms with van der Waals surface area (Å²) >= 11 is 0. The van der Waals surface area contributed by atoms with Gasteiger partial charge in [0.2, 0.25) is 0 Å². The van der Waals surface area contributed by atoms with Gasteiger partial charge >= 0.3 is 0 Å². The average molecular weight is 348 g/mol. The minimum atomic E-state index is 0. The molecule has 0 radical (unpaired) electrons. The van der Waals surface area contributed by atoms with Crippen LogP contribution in [0.5, 0.6) is 0 Å². The number of aryl methyl sites for hydroxylation is 1. The number of aromatic amines is 1. The predicted octanol–water partition coefficient (Wildman–Crippen LogP) is 2.41. The van der Waals surface area contributed by atoms with Crippen LogP contribution in [-0.2, 0) is 6.54 Å². The van der Waals surface area contributed by atoms with Gasteiger partial charge in [0.15, 0.2) is 5.43 Å². The molecule has 2 saturated heterocycles. The van der Waals surface area contributed by atoms with E-state index in [-0.39, 0.29) is 30.2 Å². The first-order valence-electron chi connectivity index (χ1n) is 7.71. The summed E-state index contributed by atoms with van der Waals surface area (Å²) in [4.78, 5) is 17.8. The molecule has 0 atom stereocenters. The number of likely N-dealkylation sites (tertiary alicyclic amines) is 1. The SMILES string of the molecule is Cc1c[nH]c(CN2CCC3(CCNCC3)C2)c(C)c1=O.Cl.Cl. The number of nitrogens with zero attached hydrogens (tertiary/aromatic N) is 1. The van der Waals surface area contributed by atoms with Crippen LogP contribution in [-0.4, -0.2) is 36.1 Å². The van der Waals surface area contributed by atoms with E-state index in [2.05, 4.69) is 15.2 Å². The maximum Gasteiger partial charge on any atom is 0.187 e. The number of hydrogen-bond donors (Lipinski definition) is 2. The molecular formula is C16H27Cl2N3O. The van der Waals surface area contributed by atoms with Gasteiger partial charge in [-0.3, -0.25) is 9.69 Å². The van der Waals surface area contributed by atoms with Crippen LogP contribution in [0.4, 0.5) is 0 Å². The van der Waals surface area contributed by atoms with Gasteiger partial charge in [0, 0.05) is 36.1 Å². The normalized spacial score (nSPS) is 20.5. The summed E-state index contributed by atoms with van der Waals surface area (Å²) in [5, 5.41) is 3.46. The Hall–Kier alpha value is -0.550. The van der Waals surface area contributed by atoms with Crippen molar-refractivity contribution >= 4 is 24.8 Å². The highest BCUT2D eigenvalue weighted by atomic mass is 35.5. The van der Waals surface area contributed by atoms with Gasteiger partial charge in [-0.05, 0) is 58.2 Å². The third-order valence-corrected chi connectivity index (χ3v) is 5.18. The van der Waals surface area contributed by atoms with E-state index in [4.69, 9.17) is 0 Å². The predicted molar refractivity (Wildman–Crippen MR) is 95.5 cm³/mol. The lowest BCUT2D eigenvalue weighted by Crippen LogP contribution is -2.38. The molecule has 2 aliphatic rings. The number of hydrogen-bond acceptors (Lipinski definition) is 3. The van der Waals surface area contributed by atoms with Crippen molar-refractivity contribution in [3.05, 3.63) is 33.2 Å². The van der Waals surface area contributed by atoms with E-state index in [1.165, 1.54) is 25.8 Å². The number of halogens is 2. The molecule has 0 bridgehead atoms. The van der Waals surface area contributed by atoms with Crippen molar-refractivity contribution in [3.63, 3.8) is 0 Å². The molecule has 126 valence electrons. The lowest BCUT2D eigenvalue weighted by Gasteiger charge is -2.34. The number of H-pyrrole nitrogens is 1. The number of aromatic nitrogens is 1. The highest BCUT2D eigenvalue weighted by Gasteiger charge is 2.38. The molecule has 2 N–H and O–H groups in total. The number of nitrogens with one attached hydrogen (secondary N) is 2. The van der Waals surface area contributed by atoms with Crippen LogP contribution in [0.15, 0.2) is 11.0 Å². The summed E-state index contributed by atoms with van der Waals surface area (Å²) in [5.74, 6) is 0. The molecule has 6 heteroatoms. The van der Waals surface area contributed by atoms with Crippen LogP contribution in [0.25, 0.3) is 0 Å². The van der Waals surface area contributed by atoms with Crippen LogP contribution in [0.2, 0.25) is 0 Å². The van der Waals surface area contributed by atoms with Crippen molar-refractivity contribution in [1.29, 1.82) is 0 Å². The summed E-state index contributed by atoms with van der Waals surface area (Å²) in [5.41, 5.74) is 3.50. The Kier molecular flexibility index (Phi) is 6.93. The van der Waals surface area contributed by atoms with Gasteiger partial charge in [0.25, 0.3) is 0 Å². The Morgan fingerprint density at radius 1 is 1.18 bits per heavy atom. The molecule has 4 nitrogen and oxygen atoms in total. The Morgan fingerprint density at radius 3 is 2.55 bits per heavy atom. The molecule has 0 aliphatic carbocycles. The van der Waals surface area contributed by atoms with Crippen molar-refractivity contribution in [2.45, 2.75) is 39.7 Å². The Balaban J connectivity index is 0.00000121. The fraction of sp³-hybridized carbons (Fsp3) is 0.688. The molecule has 0 unspecified atom stereocenters. The first-order chi connectivity index (χ1) is 9.60. The molecule has 2 aliphatic heterocycles. The monoisotopic (exact) mass is 347 g/mol. The van der Waals surface area contributed by atoms with E-state index in [0.717, 1.165) is 43.0 Å². The van der Waals surface area contributed by atoms with E-state index < -0.39 is 0 Å². The van der Waals surface area contributed by atoms with Gasteiger partial charge in [-0.15, -0.1) is 24.8 Å². The van der Waals surface area contributed by atoms with Crippen LogP contribution in [0, 0.1) is 19.3 Å². The summed E-state index contributed by atoms with van der Waals surface area (Å²) < 4.78 is 0. The molecule has 1 spiro atoms. The van der Waals surface area contributed by atoms with Gasteiger partial charge in [0.1, 0.15) is 0 Å². The molecule has 1 aromatic heterocycles. The first kappa shape index (κ1) is 19.5. The summed E-state index contributed by atoms with van der Waals surface area (Å²) in [6.45, 7) is 9.37. The third-order valence-electron chi connectivity index (χ3n) is 5.18. The Labute approximate surface area is 144 Å². The molecule has 0 saturated carbocycles. The zero-order valence-corrected chi connectivity index (χ0v) is 15.0. The fourth-order valence-corrected chi connectivity index (χ4v) is 3.72. The smallest absolute Gasteiger partial charge is 0.187 e. The van der Waals surface area contributed by atoms with Crippen molar-refractivity contribution in [2.75, 3.05) is 26.2 Å². The minimum absolute atomic E-state index is 0. The molecule has 0 aromatic carbocycles. The topological polar surface area (TPSA) is 48.1 Å². The van der Waals surface area contributed by atoms with E-state index in [0.29, 0.717) is 5.41 Å². The van der Waals surface area contributed by atoms with Crippen molar-refractivity contribution < 1.29 is 0 Å². The van der Waals surface area contributed by atoms with Gasteiger partial charge in [-0.1, -0.05) is 0 Å². The standard InChI is InChI=1S/C16H25N3O.2ClH/c1-12-9-18-14(13(2)15(12)20)10-19-8-5-16(11-19)3-6-17-7-4-16;;/h9,17H,3-8,10-11H2,1-2H3,(H,18,20);2*1H. The number of piperidine rings is 1. The maximum absolute atomic E-state index is 12.0. The molecule has 3 heterocycles. The summed E-state index contributed by atoms with van der Waals surface area (Å²) in [6.07, 6.45) is 5.75.